The Morgan fingerprint density at radius 1 is 1.06 bits per heavy atom. The van der Waals surface area contributed by atoms with Gasteiger partial charge in [-0.1, -0.05) is 18.2 Å². The first kappa shape index (κ1) is 21.5. The molecule has 2 amide bonds. The maximum atomic E-state index is 12.9. The summed E-state index contributed by atoms with van der Waals surface area (Å²) in [5, 5.41) is 3.90. The van der Waals surface area contributed by atoms with Crippen LogP contribution in [-0.4, -0.2) is 61.7 Å². The van der Waals surface area contributed by atoms with Crippen LogP contribution < -0.4 is 20.9 Å². The summed E-state index contributed by atoms with van der Waals surface area (Å²) in [5.74, 6) is 0.556. The van der Waals surface area contributed by atoms with E-state index in [1.54, 1.807) is 13.2 Å². The van der Waals surface area contributed by atoms with Gasteiger partial charge in [0.2, 0.25) is 0 Å². The number of nitrogens with zero attached hydrogens (tertiary/aromatic N) is 2. The molecule has 0 atom stereocenters. The molecule has 1 saturated heterocycles. The van der Waals surface area contributed by atoms with Crippen molar-refractivity contribution in [2.24, 2.45) is 0 Å². The van der Waals surface area contributed by atoms with Crippen LogP contribution in [0.4, 0.5) is 11.5 Å². The largest absolute Gasteiger partial charge is 0.497 e. The molecule has 166 valence electrons. The van der Waals surface area contributed by atoms with E-state index in [1.165, 1.54) is 0 Å². The van der Waals surface area contributed by atoms with Crippen LogP contribution in [0.15, 0.2) is 54.6 Å². The highest BCUT2D eigenvalue weighted by molar-refractivity contribution is 6.07. The van der Waals surface area contributed by atoms with Crippen LogP contribution in [0.2, 0.25) is 0 Å². The number of nitrogens with one attached hydrogen (secondary N) is 3. The highest BCUT2D eigenvalue weighted by Gasteiger charge is 2.17. The SMILES string of the molecule is COc1ccc(Nc2cc(C(=O)NNC(=O)CN3CCOCC3)c3ccccc3n2)cc1. The molecule has 2 aromatic carbocycles. The number of methoxy groups -OCH3 is 1. The van der Waals surface area contributed by atoms with Crippen LogP contribution in [0.1, 0.15) is 10.4 Å². The fourth-order valence-corrected chi connectivity index (χ4v) is 3.45. The average molecular weight is 435 g/mol. The van der Waals surface area contributed by atoms with Crippen molar-refractivity contribution in [2.75, 3.05) is 45.3 Å². The van der Waals surface area contributed by atoms with E-state index in [2.05, 4.69) is 21.2 Å². The number of carbonyl (C=O) groups is 2. The summed E-state index contributed by atoms with van der Waals surface area (Å²) in [7, 11) is 1.61. The quantitative estimate of drug-likeness (QED) is 0.509. The third-order valence-corrected chi connectivity index (χ3v) is 5.11. The predicted molar refractivity (Wildman–Crippen MR) is 121 cm³/mol. The summed E-state index contributed by atoms with van der Waals surface area (Å²) in [6, 6.07) is 16.4. The van der Waals surface area contributed by atoms with Crippen molar-refractivity contribution in [1.82, 2.24) is 20.7 Å². The Labute approximate surface area is 185 Å². The third kappa shape index (κ3) is 5.32. The van der Waals surface area contributed by atoms with Gasteiger partial charge in [-0.05, 0) is 36.4 Å². The lowest BCUT2D eigenvalue weighted by Crippen LogP contribution is -2.48. The zero-order chi connectivity index (χ0) is 22.3. The van der Waals surface area contributed by atoms with Crippen molar-refractivity contribution in [3.63, 3.8) is 0 Å². The number of benzene rings is 2. The second-order valence-electron chi connectivity index (χ2n) is 7.32. The van der Waals surface area contributed by atoms with Gasteiger partial charge < -0.3 is 14.8 Å². The van der Waals surface area contributed by atoms with Gasteiger partial charge >= 0.3 is 0 Å². The first-order chi connectivity index (χ1) is 15.6. The number of hydrogen-bond donors (Lipinski definition) is 3. The Kier molecular flexibility index (Phi) is 6.78. The molecule has 0 bridgehead atoms. The van der Waals surface area contributed by atoms with E-state index in [-0.39, 0.29) is 12.5 Å². The topological polar surface area (TPSA) is 105 Å². The highest BCUT2D eigenvalue weighted by Crippen LogP contribution is 2.24. The van der Waals surface area contributed by atoms with Crippen molar-refractivity contribution < 1.29 is 19.1 Å². The molecule has 1 fully saturated rings. The van der Waals surface area contributed by atoms with Crippen LogP contribution in [0.3, 0.4) is 0 Å². The van der Waals surface area contributed by atoms with Crippen LogP contribution in [0.25, 0.3) is 10.9 Å². The molecular formula is C23H25N5O4. The molecule has 9 nitrogen and oxygen atoms in total. The number of pyridine rings is 1. The number of morpholine rings is 1. The summed E-state index contributed by atoms with van der Waals surface area (Å²) in [6.07, 6.45) is 0. The Morgan fingerprint density at radius 2 is 1.81 bits per heavy atom. The standard InChI is InChI=1S/C23H25N5O4/c1-31-17-8-6-16(7-9-17)24-21-14-19(18-4-2-3-5-20(18)25-21)23(30)27-26-22(29)15-28-10-12-32-13-11-28/h2-9,14H,10-13,15H2,1H3,(H,24,25)(H,26,29)(H,27,30). The lowest BCUT2D eigenvalue weighted by atomic mass is 10.1. The van der Waals surface area contributed by atoms with Gasteiger partial charge in [-0.3, -0.25) is 25.3 Å². The molecular weight excluding hydrogens is 410 g/mol. The number of amides is 2. The number of anilines is 2. The normalized spacial score (nSPS) is 14.0. The maximum Gasteiger partial charge on any atom is 0.270 e. The molecule has 1 aromatic heterocycles. The minimum Gasteiger partial charge on any atom is -0.497 e. The van der Waals surface area contributed by atoms with E-state index in [4.69, 9.17) is 9.47 Å². The Bertz CT molecular complexity index is 1100. The van der Waals surface area contributed by atoms with Crippen molar-refractivity contribution >= 4 is 34.2 Å². The average Bonchev–Trinajstić information content (AvgIpc) is 2.83. The van der Waals surface area contributed by atoms with E-state index in [9.17, 15) is 9.59 Å². The highest BCUT2D eigenvalue weighted by atomic mass is 16.5. The van der Waals surface area contributed by atoms with Gasteiger partial charge in [-0.25, -0.2) is 4.98 Å². The number of hydrogen-bond acceptors (Lipinski definition) is 7. The third-order valence-electron chi connectivity index (χ3n) is 5.11. The fourth-order valence-electron chi connectivity index (χ4n) is 3.45. The fraction of sp³-hybridized carbons (Fsp3) is 0.261. The summed E-state index contributed by atoms with van der Waals surface area (Å²) >= 11 is 0. The maximum absolute atomic E-state index is 12.9. The lowest BCUT2D eigenvalue weighted by molar-refractivity contribution is -0.124. The number of rotatable bonds is 6. The zero-order valence-electron chi connectivity index (χ0n) is 17.8. The summed E-state index contributed by atoms with van der Waals surface area (Å²) in [6.45, 7) is 2.79. The van der Waals surface area contributed by atoms with Crippen molar-refractivity contribution in [3.05, 3.63) is 60.2 Å². The number of aromatic nitrogens is 1. The van der Waals surface area contributed by atoms with Crippen LogP contribution in [0.5, 0.6) is 5.75 Å². The molecule has 0 radical (unpaired) electrons. The monoisotopic (exact) mass is 435 g/mol. The van der Waals surface area contributed by atoms with Gasteiger partial charge in [0.15, 0.2) is 0 Å². The van der Waals surface area contributed by atoms with Crippen LogP contribution in [-0.2, 0) is 9.53 Å². The molecule has 3 N–H and O–H groups in total. The molecule has 1 aliphatic rings. The van der Waals surface area contributed by atoms with E-state index < -0.39 is 5.91 Å². The molecule has 0 aliphatic carbocycles. The summed E-state index contributed by atoms with van der Waals surface area (Å²) < 4.78 is 10.5. The smallest absolute Gasteiger partial charge is 0.270 e. The Hall–Kier alpha value is -3.69. The molecule has 4 rings (SSSR count). The number of carbonyl (C=O) groups excluding carboxylic acids is 2. The molecule has 32 heavy (non-hydrogen) atoms. The van der Waals surface area contributed by atoms with Gasteiger partial charge in [0, 0.05) is 24.2 Å². The first-order valence-electron chi connectivity index (χ1n) is 10.3. The second-order valence-corrected chi connectivity index (χ2v) is 7.32. The molecule has 0 spiro atoms. The minimum atomic E-state index is -0.420. The van der Waals surface area contributed by atoms with E-state index in [0.717, 1.165) is 11.4 Å². The second kappa shape index (κ2) is 10.1. The Balaban J connectivity index is 1.48. The van der Waals surface area contributed by atoms with Gasteiger partial charge in [0.05, 0.1) is 37.9 Å². The zero-order valence-corrected chi connectivity index (χ0v) is 17.8. The van der Waals surface area contributed by atoms with Crippen molar-refractivity contribution in [1.29, 1.82) is 0 Å². The van der Waals surface area contributed by atoms with Crippen molar-refractivity contribution in [3.8, 4) is 5.75 Å². The number of fused-ring (bicyclic) bond motifs is 1. The van der Waals surface area contributed by atoms with Crippen molar-refractivity contribution in [2.45, 2.75) is 0 Å². The molecule has 2 heterocycles. The van der Waals surface area contributed by atoms with Gasteiger partial charge in [0.25, 0.3) is 11.8 Å². The van der Waals surface area contributed by atoms with E-state index >= 15 is 0 Å². The molecule has 9 heteroatoms. The van der Waals surface area contributed by atoms with Crippen LogP contribution >= 0.6 is 0 Å². The summed E-state index contributed by atoms with van der Waals surface area (Å²) in [4.78, 5) is 31.7. The predicted octanol–water partition coefficient (Wildman–Crippen LogP) is 2.08. The van der Waals surface area contributed by atoms with Gasteiger partial charge in [-0.2, -0.15) is 0 Å². The summed E-state index contributed by atoms with van der Waals surface area (Å²) in [5.41, 5.74) is 6.89. The lowest BCUT2D eigenvalue weighted by Gasteiger charge is -2.25. The number of hydrazine groups is 1. The van der Waals surface area contributed by atoms with E-state index in [0.29, 0.717) is 48.6 Å². The van der Waals surface area contributed by atoms with Gasteiger partial charge in [-0.15, -0.1) is 0 Å². The molecule has 1 aliphatic heterocycles. The Morgan fingerprint density at radius 3 is 2.56 bits per heavy atom. The van der Waals surface area contributed by atoms with Crippen LogP contribution in [0, 0.1) is 0 Å². The number of para-hydroxylation sites is 1. The van der Waals surface area contributed by atoms with Gasteiger partial charge in [0.1, 0.15) is 11.6 Å². The minimum absolute atomic E-state index is 0.199. The molecule has 0 unspecified atom stereocenters. The first-order valence-corrected chi connectivity index (χ1v) is 10.3. The molecule has 3 aromatic rings. The molecule has 0 saturated carbocycles. The number of ether oxygens (including phenoxy) is 2. The van der Waals surface area contributed by atoms with E-state index in [1.807, 2.05) is 53.4 Å².